The summed E-state index contributed by atoms with van der Waals surface area (Å²) in [5.74, 6) is 1.34. The van der Waals surface area contributed by atoms with Crippen LogP contribution >= 0.6 is 24.0 Å². The summed E-state index contributed by atoms with van der Waals surface area (Å²) >= 11 is 6.14. The summed E-state index contributed by atoms with van der Waals surface area (Å²) in [6, 6.07) is 4.85. The first-order chi connectivity index (χ1) is 15.3. The lowest BCUT2D eigenvalue weighted by molar-refractivity contribution is -0.136. The fourth-order valence-corrected chi connectivity index (χ4v) is 5.48. The van der Waals surface area contributed by atoms with Crippen molar-refractivity contribution in [2.45, 2.75) is 45.6 Å². The molecule has 4 rings (SSSR count). The lowest BCUT2D eigenvalue weighted by Crippen LogP contribution is -2.53. The molecule has 0 saturated carbocycles. The van der Waals surface area contributed by atoms with Crippen molar-refractivity contribution in [1.29, 1.82) is 0 Å². The summed E-state index contributed by atoms with van der Waals surface area (Å²) in [5.41, 5.74) is 1.33. The summed E-state index contributed by atoms with van der Waals surface area (Å²) in [7, 11) is 2.20. The zero-order valence-electron chi connectivity index (χ0n) is 19.8. The average Bonchev–Trinajstić information content (AvgIpc) is 3.17. The molecule has 0 aliphatic carbocycles. The number of hydrogen-bond acceptors (Lipinski definition) is 3. The second-order valence-electron chi connectivity index (χ2n) is 9.90. The highest BCUT2D eigenvalue weighted by atomic mass is 35.5. The molecule has 3 heterocycles. The molecule has 6 nitrogen and oxygen atoms in total. The maximum absolute atomic E-state index is 13.3. The van der Waals surface area contributed by atoms with Gasteiger partial charge in [0.05, 0.1) is 5.02 Å². The van der Waals surface area contributed by atoms with Crippen molar-refractivity contribution in [2.75, 3.05) is 33.2 Å². The van der Waals surface area contributed by atoms with Crippen molar-refractivity contribution in [3.63, 3.8) is 0 Å². The number of benzene rings is 1. The van der Waals surface area contributed by atoms with E-state index in [0.29, 0.717) is 10.6 Å². The molecule has 1 aromatic heterocycles. The van der Waals surface area contributed by atoms with Crippen LogP contribution < -0.4 is 5.32 Å². The molecule has 2 aliphatic rings. The van der Waals surface area contributed by atoms with E-state index in [9.17, 15) is 9.59 Å². The van der Waals surface area contributed by atoms with E-state index >= 15 is 0 Å². The van der Waals surface area contributed by atoms with Gasteiger partial charge in [-0.05, 0) is 75.7 Å². The summed E-state index contributed by atoms with van der Waals surface area (Å²) in [6.45, 7) is 7.94. The van der Waals surface area contributed by atoms with Crippen LogP contribution in [0.3, 0.4) is 0 Å². The van der Waals surface area contributed by atoms with Crippen molar-refractivity contribution >= 4 is 46.7 Å². The number of amides is 2. The lowest BCUT2D eigenvalue weighted by Gasteiger charge is -2.40. The number of hydrogen-bond donors (Lipinski definition) is 2. The number of rotatable bonds is 5. The number of likely N-dealkylation sites (tertiary alicyclic amines) is 2. The maximum Gasteiger partial charge on any atom is 0.252 e. The second-order valence-corrected chi connectivity index (χ2v) is 10.3. The molecule has 2 aromatic rings. The molecule has 0 spiro atoms. The monoisotopic (exact) mass is 494 g/mol. The van der Waals surface area contributed by atoms with Crippen LogP contribution in [0, 0.1) is 17.8 Å². The third-order valence-corrected chi connectivity index (χ3v) is 7.71. The van der Waals surface area contributed by atoms with Gasteiger partial charge in [0.1, 0.15) is 6.04 Å². The quantitative estimate of drug-likeness (QED) is 0.638. The van der Waals surface area contributed by atoms with E-state index in [2.05, 4.69) is 22.2 Å². The van der Waals surface area contributed by atoms with Crippen LogP contribution in [0.25, 0.3) is 10.9 Å². The summed E-state index contributed by atoms with van der Waals surface area (Å²) in [6.07, 6.45) is 6.40. The van der Waals surface area contributed by atoms with E-state index in [0.717, 1.165) is 48.7 Å². The molecule has 2 saturated heterocycles. The van der Waals surface area contributed by atoms with Gasteiger partial charge < -0.3 is 20.1 Å². The highest BCUT2D eigenvalue weighted by molar-refractivity contribution is 6.35. The largest absolute Gasteiger partial charge is 0.360 e. The van der Waals surface area contributed by atoms with Crippen molar-refractivity contribution in [2.24, 2.45) is 17.8 Å². The Labute approximate surface area is 207 Å². The van der Waals surface area contributed by atoms with Crippen LogP contribution in [0.5, 0.6) is 0 Å². The molecule has 182 valence electrons. The van der Waals surface area contributed by atoms with Gasteiger partial charge in [-0.15, -0.1) is 12.4 Å². The number of nitrogens with one attached hydrogen (secondary N) is 2. The van der Waals surface area contributed by atoms with E-state index < -0.39 is 6.04 Å². The number of fused-ring (bicyclic) bond motifs is 1. The molecular weight excluding hydrogens is 459 g/mol. The molecule has 1 aromatic carbocycles. The first-order valence-electron chi connectivity index (χ1n) is 11.9. The minimum Gasteiger partial charge on any atom is -0.360 e. The van der Waals surface area contributed by atoms with Crippen LogP contribution in [0.15, 0.2) is 24.4 Å². The number of aromatic nitrogens is 1. The van der Waals surface area contributed by atoms with Crippen molar-refractivity contribution in [3.8, 4) is 0 Å². The van der Waals surface area contributed by atoms with Crippen LogP contribution in [-0.2, 0) is 4.79 Å². The van der Waals surface area contributed by atoms with Crippen LogP contribution in [0.4, 0.5) is 0 Å². The van der Waals surface area contributed by atoms with E-state index in [-0.39, 0.29) is 30.1 Å². The zero-order valence-corrected chi connectivity index (χ0v) is 21.3. The van der Waals surface area contributed by atoms with Gasteiger partial charge in [-0.1, -0.05) is 31.5 Å². The predicted molar refractivity (Wildman–Crippen MR) is 136 cm³/mol. The molecule has 2 N–H and O–H groups in total. The van der Waals surface area contributed by atoms with Crippen molar-refractivity contribution in [1.82, 2.24) is 20.1 Å². The second kappa shape index (κ2) is 11.1. The number of carbonyl (C=O) groups excluding carboxylic acids is 2. The van der Waals surface area contributed by atoms with Gasteiger partial charge in [0.2, 0.25) is 5.91 Å². The smallest absolute Gasteiger partial charge is 0.252 e. The molecule has 1 atom stereocenters. The maximum atomic E-state index is 13.3. The van der Waals surface area contributed by atoms with Gasteiger partial charge in [0, 0.05) is 35.8 Å². The number of halogens is 2. The topological polar surface area (TPSA) is 68.4 Å². The number of nitrogens with zero attached hydrogens (tertiary/aromatic N) is 2. The molecule has 33 heavy (non-hydrogen) atoms. The van der Waals surface area contributed by atoms with E-state index in [4.69, 9.17) is 11.6 Å². The standard InChI is InChI=1S/C25H35ClN4O2.ClH/c1-16(2)23(28-24(31)19-4-5-20-21(26)15-27-22(20)14-19)25(32)30-12-8-18(9-13-30)17-6-10-29(3)11-7-17;/h4-5,14-18,23,27H,6-13H2,1-3H3,(H,28,31);1H/t23-;/m1./s1. The molecule has 0 radical (unpaired) electrons. The Balaban J connectivity index is 0.00000306. The van der Waals surface area contributed by atoms with Crippen molar-refractivity contribution < 1.29 is 9.59 Å². The van der Waals surface area contributed by atoms with Crippen molar-refractivity contribution in [3.05, 3.63) is 35.0 Å². The van der Waals surface area contributed by atoms with Crippen LogP contribution in [-0.4, -0.2) is 65.9 Å². The normalized spacial score (nSPS) is 19.5. The molecule has 0 bridgehead atoms. The average molecular weight is 495 g/mol. The molecule has 2 fully saturated rings. The van der Waals surface area contributed by atoms with E-state index in [1.165, 1.54) is 25.9 Å². The number of H-pyrrole nitrogens is 1. The van der Waals surface area contributed by atoms with Gasteiger partial charge >= 0.3 is 0 Å². The Bertz CT molecular complexity index is 960. The molecule has 0 unspecified atom stereocenters. The number of aromatic amines is 1. The molecule has 2 amide bonds. The van der Waals surface area contributed by atoms with Gasteiger partial charge in [0.15, 0.2) is 0 Å². The van der Waals surface area contributed by atoms with E-state index in [1.807, 2.05) is 24.8 Å². The SMILES string of the molecule is CC(C)[C@@H](NC(=O)c1ccc2c(Cl)c[nH]c2c1)C(=O)N1CCC(C2CCN(C)CC2)CC1.Cl. The van der Waals surface area contributed by atoms with Gasteiger partial charge in [-0.25, -0.2) is 0 Å². The Hall–Kier alpha value is -1.76. The van der Waals surface area contributed by atoms with Gasteiger partial charge in [-0.3, -0.25) is 9.59 Å². The Morgan fingerprint density at radius 3 is 2.27 bits per heavy atom. The molecular formula is C25H36Cl2N4O2. The van der Waals surface area contributed by atoms with Crippen LogP contribution in [0.2, 0.25) is 5.02 Å². The van der Waals surface area contributed by atoms with Gasteiger partial charge in [0.25, 0.3) is 5.91 Å². The summed E-state index contributed by atoms with van der Waals surface area (Å²) < 4.78 is 0. The Morgan fingerprint density at radius 1 is 1.06 bits per heavy atom. The Morgan fingerprint density at radius 2 is 1.67 bits per heavy atom. The Kier molecular flexibility index (Phi) is 8.70. The minimum atomic E-state index is -0.523. The minimum absolute atomic E-state index is 0. The first kappa shape index (κ1) is 25.9. The number of carbonyl (C=O) groups is 2. The highest BCUT2D eigenvalue weighted by Gasteiger charge is 2.34. The predicted octanol–water partition coefficient (Wildman–Crippen LogP) is 4.58. The van der Waals surface area contributed by atoms with Gasteiger partial charge in [-0.2, -0.15) is 0 Å². The zero-order chi connectivity index (χ0) is 22.8. The lowest BCUT2D eigenvalue weighted by atomic mass is 9.78. The summed E-state index contributed by atoms with van der Waals surface area (Å²) in [4.78, 5) is 33.7. The highest BCUT2D eigenvalue weighted by Crippen LogP contribution is 2.32. The van der Waals surface area contributed by atoms with E-state index in [1.54, 1.807) is 18.3 Å². The number of piperidine rings is 2. The summed E-state index contributed by atoms with van der Waals surface area (Å²) in [5, 5.41) is 4.51. The fourth-order valence-electron chi connectivity index (χ4n) is 5.26. The van der Waals surface area contributed by atoms with Crippen LogP contribution in [0.1, 0.15) is 49.9 Å². The third-order valence-electron chi connectivity index (χ3n) is 7.39. The first-order valence-corrected chi connectivity index (χ1v) is 12.3. The fraction of sp³-hybridized carbons (Fsp3) is 0.600. The molecule has 8 heteroatoms. The third kappa shape index (κ3) is 5.84. The molecule has 2 aliphatic heterocycles.